The van der Waals surface area contributed by atoms with E-state index >= 15 is 0 Å². The summed E-state index contributed by atoms with van der Waals surface area (Å²) in [5, 5.41) is 13.4. The summed E-state index contributed by atoms with van der Waals surface area (Å²) >= 11 is 1.39. The molecule has 0 aliphatic carbocycles. The molecule has 27 heavy (non-hydrogen) atoms. The lowest BCUT2D eigenvalue weighted by molar-refractivity contribution is -0.113. The lowest BCUT2D eigenvalue weighted by Gasteiger charge is -2.09. The number of para-hydroxylation sites is 1. The summed E-state index contributed by atoms with van der Waals surface area (Å²) in [4.78, 5) is 12.4. The highest BCUT2D eigenvalue weighted by molar-refractivity contribution is 7.99. The van der Waals surface area contributed by atoms with E-state index in [1.807, 2.05) is 48.6 Å². The summed E-state index contributed by atoms with van der Waals surface area (Å²) in [6.07, 6.45) is 0. The number of aromatic nitrogens is 3. The van der Waals surface area contributed by atoms with Crippen LogP contribution >= 0.6 is 11.8 Å². The third-order valence-corrected chi connectivity index (χ3v) is 5.49. The number of carbonyl (C=O) groups is 1. The van der Waals surface area contributed by atoms with Gasteiger partial charge in [-0.25, -0.2) is 0 Å². The molecule has 0 saturated heterocycles. The standard InChI is InChI=1S/C21H20N4OS/c1-13-8-9-17(15(3)10-13)22-20(26)12-27-21-24-23-19-11-14(2)16-6-4-5-7-18(16)25(19)21/h4-11H,12H2,1-3H3,(H,22,26). The largest absolute Gasteiger partial charge is 0.325 e. The van der Waals surface area contributed by atoms with Crippen LogP contribution in [0.3, 0.4) is 0 Å². The first-order valence-corrected chi connectivity index (χ1v) is 9.75. The minimum Gasteiger partial charge on any atom is -0.325 e. The fraction of sp³-hybridized carbons (Fsp3) is 0.190. The fourth-order valence-electron chi connectivity index (χ4n) is 3.24. The van der Waals surface area contributed by atoms with E-state index in [2.05, 4.69) is 40.6 Å². The Bertz CT molecular complexity index is 1170. The first-order chi connectivity index (χ1) is 13.0. The third kappa shape index (κ3) is 3.40. The van der Waals surface area contributed by atoms with Gasteiger partial charge in [0.1, 0.15) is 0 Å². The van der Waals surface area contributed by atoms with Crippen LogP contribution in [-0.4, -0.2) is 26.3 Å². The molecule has 2 aromatic carbocycles. The van der Waals surface area contributed by atoms with Gasteiger partial charge in [-0.15, -0.1) is 10.2 Å². The lowest BCUT2D eigenvalue weighted by atomic mass is 10.1. The number of rotatable bonds is 4. The van der Waals surface area contributed by atoms with Crippen molar-refractivity contribution >= 4 is 39.9 Å². The second-order valence-electron chi connectivity index (χ2n) is 6.68. The Kier molecular flexibility index (Phi) is 4.58. The van der Waals surface area contributed by atoms with Gasteiger partial charge in [0.05, 0.1) is 11.3 Å². The molecule has 1 amide bonds. The summed E-state index contributed by atoms with van der Waals surface area (Å²) in [7, 11) is 0. The van der Waals surface area contributed by atoms with Crippen molar-refractivity contribution in [2.24, 2.45) is 0 Å². The number of benzene rings is 2. The zero-order chi connectivity index (χ0) is 19.0. The molecule has 5 nitrogen and oxygen atoms in total. The second-order valence-corrected chi connectivity index (χ2v) is 7.62. The molecule has 136 valence electrons. The first kappa shape index (κ1) is 17.5. The van der Waals surface area contributed by atoms with E-state index < -0.39 is 0 Å². The SMILES string of the molecule is Cc1ccc(NC(=O)CSc2nnc3cc(C)c4ccccc4n23)c(C)c1. The third-order valence-electron chi connectivity index (χ3n) is 4.56. The van der Waals surface area contributed by atoms with Gasteiger partial charge in [-0.1, -0.05) is 47.7 Å². The predicted octanol–water partition coefficient (Wildman–Crippen LogP) is 4.54. The van der Waals surface area contributed by atoms with Crippen LogP contribution in [-0.2, 0) is 4.79 Å². The van der Waals surface area contributed by atoms with Gasteiger partial charge in [-0.05, 0) is 50.1 Å². The van der Waals surface area contributed by atoms with Crippen LogP contribution in [0.4, 0.5) is 5.69 Å². The van der Waals surface area contributed by atoms with E-state index in [-0.39, 0.29) is 11.7 Å². The Hall–Kier alpha value is -2.86. The molecule has 0 bridgehead atoms. The summed E-state index contributed by atoms with van der Waals surface area (Å²) in [5.74, 6) is 0.219. The van der Waals surface area contributed by atoms with Crippen molar-refractivity contribution in [3.63, 3.8) is 0 Å². The van der Waals surface area contributed by atoms with Crippen molar-refractivity contribution in [3.05, 3.63) is 65.2 Å². The van der Waals surface area contributed by atoms with Crippen molar-refractivity contribution < 1.29 is 4.79 Å². The maximum Gasteiger partial charge on any atom is 0.234 e. The van der Waals surface area contributed by atoms with E-state index in [0.29, 0.717) is 0 Å². The normalized spacial score (nSPS) is 11.2. The Labute approximate surface area is 161 Å². The molecule has 0 fully saturated rings. The summed E-state index contributed by atoms with van der Waals surface area (Å²) in [5.41, 5.74) is 6.09. The maximum absolute atomic E-state index is 12.4. The van der Waals surface area contributed by atoms with Gasteiger partial charge in [0.15, 0.2) is 10.8 Å². The smallest absolute Gasteiger partial charge is 0.234 e. The molecule has 0 aliphatic rings. The number of anilines is 1. The minimum absolute atomic E-state index is 0.0554. The number of pyridine rings is 1. The number of nitrogens with one attached hydrogen (secondary N) is 1. The monoisotopic (exact) mass is 376 g/mol. The molecule has 2 aromatic heterocycles. The number of amides is 1. The number of thioether (sulfide) groups is 1. The van der Waals surface area contributed by atoms with E-state index in [1.165, 1.54) is 17.3 Å². The molecule has 4 rings (SSSR count). The number of hydrogen-bond donors (Lipinski definition) is 1. The molecule has 0 radical (unpaired) electrons. The average molecular weight is 376 g/mol. The molecule has 2 heterocycles. The van der Waals surface area contributed by atoms with Crippen LogP contribution in [0.25, 0.3) is 16.6 Å². The van der Waals surface area contributed by atoms with Gasteiger partial charge in [-0.2, -0.15) is 0 Å². The number of fused-ring (bicyclic) bond motifs is 3. The molecule has 4 aromatic rings. The van der Waals surface area contributed by atoms with Gasteiger partial charge in [0, 0.05) is 11.1 Å². The van der Waals surface area contributed by atoms with E-state index in [9.17, 15) is 4.79 Å². The molecular formula is C21H20N4OS. The predicted molar refractivity (Wildman–Crippen MR) is 110 cm³/mol. The fourth-order valence-corrected chi connectivity index (χ4v) is 3.99. The number of aryl methyl sites for hydroxylation is 3. The molecule has 0 unspecified atom stereocenters. The Morgan fingerprint density at radius 2 is 1.85 bits per heavy atom. The molecule has 1 N–H and O–H groups in total. The first-order valence-electron chi connectivity index (χ1n) is 8.76. The lowest BCUT2D eigenvalue weighted by Crippen LogP contribution is -2.15. The molecule has 0 atom stereocenters. The number of hydrogen-bond acceptors (Lipinski definition) is 4. The van der Waals surface area contributed by atoms with Crippen LogP contribution in [0.2, 0.25) is 0 Å². The van der Waals surface area contributed by atoms with Crippen molar-refractivity contribution in [2.75, 3.05) is 11.1 Å². The van der Waals surface area contributed by atoms with Gasteiger partial charge >= 0.3 is 0 Å². The van der Waals surface area contributed by atoms with Crippen molar-refractivity contribution in [1.82, 2.24) is 14.6 Å². The van der Waals surface area contributed by atoms with Crippen LogP contribution < -0.4 is 5.32 Å². The maximum atomic E-state index is 12.4. The molecular weight excluding hydrogens is 356 g/mol. The van der Waals surface area contributed by atoms with Crippen LogP contribution in [0.1, 0.15) is 16.7 Å². The quantitative estimate of drug-likeness (QED) is 0.531. The minimum atomic E-state index is -0.0554. The van der Waals surface area contributed by atoms with E-state index in [4.69, 9.17) is 0 Å². The summed E-state index contributed by atoms with van der Waals surface area (Å²) in [6.45, 7) is 6.11. The Morgan fingerprint density at radius 3 is 2.67 bits per heavy atom. The van der Waals surface area contributed by atoms with Gasteiger partial charge in [0.2, 0.25) is 5.91 Å². The highest BCUT2D eigenvalue weighted by Gasteiger charge is 2.13. The van der Waals surface area contributed by atoms with Crippen LogP contribution in [0.15, 0.2) is 53.7 Å². The van der Waals surface area contributed by atoms with Crippen molar-refractivity contribution in [1.29, 1.82) is 0 Å². The van der Waals surface area contributed by atoms with Crippen molar-refractivity contribution in [3.8, 4) is 0 Å². The second kappa shape index (κ2) is 7.04. The average Bonchev–Trinajstić information content (AvgIpc) is 3.05. The van der Waals surface area contributed by atoms with Gasteiger partial charge in [-0.3, -0.25) is 9.20 Å². The molecule has 6 heteroatoms. The topological polar surface area (TPSA) is 59.3 Å². The number of nitrogens with zero attached hydrogens (tertiary/aromatic N) is 3. The Balaban J connectivity index is 1.57. The zero-order valence-electron chi connectivity index (χ0n) is 15.5. The Morgan fingerprint density at radius 1 is 1.04 bits per heavy atom. The van der Waals surface area contributed by atoms with Crippen LogP contribution in [0.5, 0.6) is 0 Å². The number of carbonyl (C=O) groups excluding carboxylic acids is 1. The van der Waals surface area contributed by atoms with Gasteiger partial charge < -0.3 is 5.32 Å². The molecule has 0 aliphatic heterocycles. The highest BCUT2D eigenvalue weighted by Crippen LogP contribution is 2.26. The van der Waals surface area contributed by atoms with E-state index in [1.54, 1.807) is 0 Å². The van der Waals surface area contributed by atoms with Gasteiger partial charge in [0.25, 0.3) is 0 Å². The zero-order valence-corrected chi connectivity index (χ0v) is 16.3. The summed E-state index contributed by atoms with van der Waals surface area (Å²) in [6, 6.07) is 16.2. The van der Waals surface area contributed by atoms with E-state index in [0.717, 1.165) is 38.5 Å². The molecule has 0 saturated carbocycles. The van der Waals surface area contributed by atoms with Crippen LogP contribution in [0, 0.1) is 20.8 Å². The van der Waals surface area contributed by atoms with Crippen molar-refractivity contribution in [2.45, 2.75) is 25.9 Å². The molecule has 0 spiro atoms. The highest BCUT2D eigenvalue weighted by atomic mass is 32.2. The summed E-state index contributed by atoms with van der Waals surface area (Å²) < 4.78 is 2.01.